The molecule has 3 rings (SSSR count). The Bertz CT molecular complexity index is 897. The van der Waals surface area contributed by atoms with Crippen molar-refractivity contribution in [3.63, 3.8) is 0 Å². The van der Waals surface area contributed by atoms with Crippen LogP contribution in [0.4, 0.5) is 10.5 Å². The smallest absolute Gasteiger partial charge is 0.268 e. The Morgan fingerprint density at radius 3 is 2.44 bits per heavy atom. The summed E-state index contributed by atoms with van der Waals surface area (Å²) in [5, 5.41) is -0.254. The third-order valence-corrected chi connectivity index (χ3v) is 4.81. The van der Waals surface area contributed by atoms with E-state index in [-0.39, 0.29) is 11.1 Å². The van der Waals surface area contributed by atoms with Crippen molar-refractivity contribution in [2.45, 2.75) is 20.8 Å². The highest BCUT2D eigenvalue weighted by Crippen LogP contribution is 2.36. The van der Waals surface area contributed by atoms with Gasteiger partial charge in [0.15, 0.2) is 0 Å². The quantitative estimate of drug-likeness (QED) is 0.688. The molecule has 2 aromatic carbocycles. The highest BCUT2D eigenvalue weighted by molar-refractivity contribution is 8.18. The Balaban J connectivity index is 1.89. The standard InChI is InChI=1S/C21H19NO2S/c1-14-9-10-18(16(3)11-14)22-20(23)19(25-21(22)24)13-15(2)12-17-7-5-4-6-8-17/h4-13H,1-3H3/b15-12+,19-13-. The fourth-order valence-electron chi connectivity index (χ4n) is 2.79. The lowest BCUT2D eigenvalue weighted by Crippen LogP contribution is -2.28. The number of imide groups is 1. The summed E-state index contributed by atoms with van der Waals surface area (Å²) in [4.78, 5) is 26.8. The molecule has 126 valence electrons. The fourth-order valence-corrected chi connectivity index (χ4v) is 3.68. The average Bonchev–Trinajstić information content (AvgIpc) is 2.83. The summed E-state index contributed by atoms with van der Waals surface area (Å²) in [6.45, 7) is 5.83. The minimum atomic E-state index is -0.261. The summed E-state index contributed by atoms with van der Waals surface area (Å²) in [6, 6.07) is 15.6. The van der Waals surface area contributed by atoms with Gasteiger partial charge in [-0.1, -0.05) is 54.1 Å². The van der Waals surface area contributed by atoms with Gasteiger partial charge in [-0.15, -0.1) is 0 Å². The first-order valence-electron chi connectivity index (χ1n) is 8.04. The molecule has 4 heteroatoms. The molecule has 1 heterocycles. The summed E-state index contributed by atoms with van der Waals surface area (Å²) in [7, 11) is 0. The summed E-state index contributed by atoms with van der Waals surface area (Å²) in [5.74, 6) is -0.261. The van der Waals surface area contributed by atoms with E-state index in [9.17, 15) is 9.59 Å². The SMILES string of the molecule is CC(/C=C1\SC(=O)N(c2ccc(C)cc2C)C1=O)=C\c1ccccc1. The van der Waals surface area contributed by atoms with Crippen molar-refractivity contribution in [3.8, 4) is 0 Å². The van der Waals surface area contributed by atoms with Gasteiger partial charge >= 0.3 is 0 Å². The molecule has 1 fully saturated rings. The molecule has 0 aliphatic carbocycles. The van der Waals surface area contributed by atoms with Crippen molar-refractivity contribution >= 4 is 34.7 Å². The number of carbonyl (C=O) groups excluding carboxylic acids is 2. The molecule has 0 radical (unpaired) electrons. The maximum atomic E-state index is 12.7. The van der Waals surface area contributed by atoms with Crippen LogP contribution in [0.2, 0.25) is 0 Å². The van der Waals surface area contributed by atoms with Gasteiger partial charge in [-0.05, 0) is 61.4 Å². The predicted octanol–water partition coefficient (Wildman–Crippen LogP) is 5.49. The van der Waals surface area contributed by atoms with E-state index in [2.05, 4.69) is 0 Å². The average molecular weight is 349 g/mol. The number of nitrogens with zero attached hydrogens (tertiary/aromatic N) is 1. The molecule has 3 nitrogen and oxygen atoms in total. The van der Waals surface area contributed by atoms with Crippen LogP contribution in [0.3, 0.4) is 0 Å². The summed E-state index contributed by atoms with van der Waals surface area (Å²) in [5.41, 5.74) is 4.66. The number of rotatable bonds is 3. The van der Waals surface area contributed by atoms with Crippen molar-refractivity contribution in [1.82, 2.24) is 0 Å². The Labute approximate surface area is 152 Å². The first kappa shape index (κ1) is 17.2. The van der Waals surface area contributed by atoms with E-state index in [4.69, 9.17) is 0 Å². The molecule has 2 amide bonds. The van der Waals surface area contributed by atoms with Gasteiger partial charge in [-0.3, -0.25) is 9.59 Å². The third-order valence-electron chi connectivity index (χ3n) is 3.94. The topological polar surface area (TPSA) is 37.4 Å². The van der Waals surface area contributed by atoms with Crippen molar-refractivity contribution in [2.75, 3.05) is 4.90 Å². The molecule has 0 N–H and O–H groups in total. The molecule has 1 aliphatic heterocycles. The first-order valence-corrected chi connectivity index (χ1v) is 8.86. The molecule has 0 unspecified atom stereocenters. The molecule has 0 spiro atoms. The molecular weight excluding hydrogens is 330 g/mol. The van der Waals surface area contributed by atoms with Crippen molar-refractivity contribution in [3.05, 3.63) is 81.8 Å². The second kappa shape index (κ2) is 7.11. The Kier molecular flexibility index (Phi) is 4.91. The zero-order valence-electron chi connectivity index (χ0n) is 14.4. The highest BCUT2D eigenvalue weighted by Gasteiger charge is 2.36. The second-order valence-electron chi connectivity index (χ2n) is 6.11. The number of hydrogen-bond acceptors (Lipinski definition) is 3. The zero-order valence-corrected chi connectivity index (χ0v) is 15.3. The molecule has 1 aliphatic rings. The Morgan fingerprint density at radius 2 is 1.76 bits per heavy atom. The molecule has 0 saturated carbocycles. The summed E-state index contributed by atoms with van der Waals surface area (Å²) in [6.07, 6.45) is 3.77. The molecular formula is C21H19NO2S. The van der Waals surface area contributed by atoms with Crippen LogP contribution in [0.5, 0.6) is 0 Å². The van der Waals surface area contributed by atoms with Crippen LogP contribution in [0.15, 0.2) is 65.1 Å². The van der Waals surface area contributed by atoms with Crippen molar-refractivity contribution in [2.24, 2.45) is 0 Å². The minimum Gasteiger partial charge on any atom is -0.268 e. The monoisotopic (exact) mass is 349 g/mol. The number of carbonyl (C=O) groups is 2. The van der Waals surface area contributed by atoms with Gasteiger partial charge in [-0.2, -0.15) is 0 Å². The van der Waals surface area contributed by atoms with Crippen LogP contribution < -0.4 is 4.90 Å². The van der Waals surface area contributed by atoms with E-state index < -0.39 is 0 Å². The van der Waals surface area contributed by atoms with Gasteiger partial charge in [-0.25, -0.2) is 4.90 Å². The van der Waals surface area contributed by atoms with E-state index >= 15 is 0 Å². The van der Waals surface area contributed by atoms with E-state index in [1.165, 1.54) is 4.90 Å². The summed E-state index contributed by atoms with van der Waals surface area (Å²) < 4.78 is 0. The van der Waals surface area contributed by atoms with E-state index in [1.807, 2.05) is 75.4 Å². The van der Waals surface area contributed by atoms with E-state index in [0.717, 1.165) is 34.0 Å². The lowest BCUT2D eigenvalue weighted by molar-refractivity contribution is -0.113. The predicted molar refractivity (Wildman–Crippen MR) is 105 cm³/mol. The van der Waals surface area contributed by atoms with E-state index in [0.29, 0.717) is 10.6 Å². The number of allylic oxidation sites excluding steroid dienone is 2. The lowest BCUT2D eigenvalue weighted by atomic mass is 10.1. The molecule has 0 bridgehead atoms. The largest absolute Gasteiger partial charge is 0.298 e. The fraction of sp³-hybridized carbons (Fsp3) is 0.143. The Morgan fingerprint density at radius 1 is 1.04 bits per heavy atom. The van der Waals surface area contributed by atoms with Crippen LogP contribution in [0.25, 0.3) is 6.08 Å². The zero-order chi connectivity index (χ0) is 18.0. The van der Waals surface area contributed by atoms with E-state index in [1.54, 1.807) is 6.08 Å². The Hall–Kier alpha value is -2.59. The maximum Gasteiger partial charge on any atom is 0.298 e. The van der Waals surface area contributed by atoms with Gasteiger partial charge in [0.05, 0.1) is 10.6 Å². The normalized spacial score (nSPS) is 16.8. The number of aryl methyl sites for hydroxylation is 2. The number of thioether (sulfide) groups is 1. The van der Waals surface area contributed by atoms with Gasteiger partial charge in [0.1, 0.15) is 0 Å². The van der Waals surface area contributed by atoms with Gasteiger partial charge < -0.3 is 0 Å². The molecule has 2 aromatic rings. The molecule has 25 heavy (non-hydrogen) atoms. The number of benzene rings is 2. The molecule has 0 atom stereocenters. The number of hydrogen-bond donors (Lipinski definition) is 0. The van der Waals surface area contributed by atoms with Crippen LogP contribution in [-0.4, -0.2) is 11.1 Å². The lowest BCUT2D eigenvalue weighted by Gasteiger charge is -2.15. The molecule has 1 saturated heterocycles. The van der Waals surface area contributed by atoms with Crippen LogP contribution in [0, 0.1) is 13.8 Å². The second-order valence-corrected chi connectivity index (χ2v) is 7.10. The number of anilines is 1. The first-order chi connectivity index (χ1) is 12.0. The maximum absolute atomic E-state index is 12.7. The van der Waals surface area contributed by atoms with Gasteiger partial charge in [0, 0.05) is 0 Å². The number of amides is 2. The van der Waals surface area contributed by atoms with Gasteiger partial charge in [0.2, 0.25) is 0 Å². The molecule has 0 aromatic heterocycles. The van der Waals surface area contributed by atoms with Crippen LogP contribution in [0.1, 0.15) is 23.6 Å². The third kappa shape index (κ3) is 3.74. The van der Waals surface area contributed by atoms with Crippen LogP contribution >= 0.6 is 11.8 Å². The summed E-state index contributed by atoms with van der Waals surface area (Å²) >= 11 is 0.986. The van der Waals surface area contributed by atoms with Gasteiger partial charge in [0.25, 0.3) is 11.1 Å². The minimum absolute atomic E-state index is 0.254. The van der Waals surface area contributed by atoms with Crippen molar-refractivity contribution < 1.29 is 9.59 Å². The van der Waals surface area contributed by atoms with Crippen LogP contribution in [-0.2, 0) is 4.79 Å². The highest BCUT2D eigenvalue weighted by atomic mass is 32.2. The van der Waals surface area contributed by atoms with Crippen molar-refractivity contribution in [1.29, 1.82) is 0 Å².